The first-order valence-corrected chi connectivity index (χ1v) is 22.2. The number of hydrogen-bond donors (Lipinski definition) is 10. The molecule has 13 nitrogen and oxygen atoms in total. The van der Waals surface area contributed by atoms with Gasteiger partial charge in [-0.2, -0.15) is 0 Å². The lowest BCUT2D eigenvalue weighted by molar-refractivity contribution is -0.154. The quantitative estimate of drug-likeness (QED) is 0.0716. The average Bonchev–Trinajstić information content (AvgIpc) is 3.52. The maximum absolute atomic E-state index is 13.9. The van der Waals surface area contributed by atoms with Crippen molar-refractivity contribution in [1.29, 1.82) is 0 Å². The molecule has 4 aliphatic rings. The number of amides is 3. The minimum absolute atomic E-state index is 0.0108. The van der Waals surface area contributed by atoms with Crippen LogP contribution in [0.25, 0.3) is 0 Å². The highest BCUT2D eigenvalue weighted by atomic mass is 16.3. The molecule has 4 unspecified atom stereocenters. The van der Waals surface area contributed by atoms with E-state index in [-0.39, 0.29) is 77.0 Å². The zero-order chi connectivity index (χ0) is 40.3. The van der Waals surface area contributed by atoms with Gasteiger partial charge in [-0.1, -0.05) is 40.0 Å². The molecule has 318 valence electrons. The van der Waals surface area contributed by atoms with Gasteiger partial charge < -0.3 is 55.5 Å². The van der Waals surface area contributed by atoms with Crippen LogP contribution < -0.4 is 50.4 Å². The predicted molar refractivity (Wildman–Crippen MR) is 220 cm³/mol. The molecule has 4 fully saturated rings. The molecule has 0 saturated heterocycles. The van der Waals surface area contributed by atoms with E-state index in [1.807, 2.05) is 0 Å². The van der Waals surface area contributed by atoms with Gasteiger partial charge in [-0.15, -0.1) is 0 Å². The van der Waals surface area contributed by atoms with Crippen molar-refractivity contribution >= 4 is 17.7 Å². The van der Waals surface area contributed by atoms with Crippen molar-refractivity contribution in [3.05, 3.63) is 0 Å². The Bertz CT molecular complexity index is 1230. The highest BCUT2D eigenvalue weighted by Crippen LogP contribution is 2.68. The third-order valence-electron chi connectivity index (χ3n) is 15.4. The van der Waals surface area contributed by atoms with E-state index in [1.54, 1.807) is 0 Å². The van der Waals surface area contributed by atoms with Crippen LogP contribution in [-0.4, -0.2) is 85.3 Å². The number of aliphatic hydroxyl groups excluding tert-OH is 1. The van der Waals surface area contributed by atoms with Gasteiger partial charge in [-0.3, -0.25) is 14.4 Å². The molecule has 0 aromatic heterocycles. The summed E-state index contributed by atoms with van der Waals surface area (Å²) in [5, 5.41) is 20.2. The Hall–Kier alpha value is -1.87. The van der Waals surface area contributed by atoms with Gasteiger partial charge in [0.25, 0.3) is 0 Å². The Labute approximate surface area is 332 Å². The summed E-state index contributed by atoms with van der Waals surface area (Å²) in [4.78, 5) is 41.1. The Morgan fingerprint density at radius 2 is 1.22 bits per heavy atom. The number of fused-ring (bicyclic) bond motifs is 5. The number of carbonyl (C=O) groups excluding carboxylic acids is 3. The van der Waals surface area contributed by atoms with E-state index in [0.717, 1.165) is 96.3 Å². The molecule has 0 radical (unpaired) electrons. The first-order chi connectivity index (χ1) is 26.3. The minimum atomic E-state index is -0.602. The van der Waals surface area contributed by atoms with Gasteiger partial charge in [0.1, 0.15) is 0 Å². The molecule has 0 heterocycles. The molecule has 16 N–H and O–H groups in total. The second-order valence-corrected chi connectivity index (χ2v) is 18.7. The number of aliphatic hydroxyl groups is 1. The van der Waals surface area contributed by atoms with Crippen molar-refractivity contribution in [3.8, 4) is 0 Å². The van der Waals surface area contributed by atoms with Crippen LogP contribution in [-0.2, 0) is 14.4 Å². The summed E-state index contributed by atoms with van der Waals surface area (Å²) in [5.41, 5.74) is 36.3. The summed E-state index contributed by atoms with van der Waals surface area (Å²) in [6, 6.07) is -1.89. The molecule has 0 spiro atoms. The maximum Gasteiger partial charge on any atom is 0.237 e. The summed E-state index contributed by atoms with van der Waals surface area (Å²) >= 11 is 0. The van der Waals surface area contributed by atoms with Gasteiger partial charge in [0.15, 0.2) is 0 Å². The van der Waals surface area contributed by atoms with E-state index in [1.165, 1.54) is 0 Å². The predicted octanol–water partition coefficient (Wildman–Crippen LogP) is 2.10. The molecular weight excluding hydrogens is 695 g/mol. The highest BCUT2D eigenvalue weighted by Gasteiger charge is 2.66. The molecule has 4 rings (SSSR count). The molecule has 0 aromatic carbocycles. The van der Waals surface area contributed by atoms with E-state index in [2.05, 4.69) is 36.7 Å². The van der Waals surface area contributed by atoms with E-state index in [4.69, 9.17) is 34.4 Å². The second-order valence-electron chi connectivity index (χ2n) is 18.7. The number of nitrogens with two attached hydrogens (primary N) is 6. The molecule has 55 heavy (non-hydrogen) atoms. The first-order valence-electron chi connectivity index (χ1n) is 22.2. The molecule has 0 aliphatic heterocycles. The van der Waals surface area contributed by atoms with Gasteiger partial charge in [0.05, 0.1) is 18.1 Å². The Kier molecular flexibility index (Phi) is 17.7. The lowest BCUT2D eigenvalue weighted by atomic mass is 9.42. The summed E-state index contributed by atoms with van der Waals surface area (Å²) < 4.78 is 0. The third kappa shape index (κ3) is 10.8. The van der Waals surface area contributed by atoms with Crippen LogP contribution in [0, 0.1) is 46.3 Å². The largest absolute Gasteiger partial charge is 0.396 e. The number of carbonyl (C=O) groups is 3. The lowest BCUT2D eigenvalue weighted by Crippen LogP contribution is -2.68. The third-order valence-corrected chi connectivity index (χ3v) is 15.4. The summed E-state index contributed by atoms with van der Waals surface area (Å²) in [6.45, 7) is 9.07. The zero-order valence-corrected chi connectivity index (χ0v) is 34.6. The van der Waals surface area contributed by atoms with Gasteiger partial charge in [-0.05, 0) is 162 Å². The molecule has 13 heteroatoms. The van der Waals surface area contributed by atoms with Gasteiger partial charge in [0, 0.05) is 24.7 Å². The molecule has 0 bridgehead atoms. The Balaban J connectivity index is 1.68. The fourth-order valence-corrected chi connectivity index (χ4v) is 12.1. The average molecular weight is 776 g/mol. The Morgan fingerprint density at radius 1 is 0.673 bits per heavy atom. The van der Waals surface area contributed by atoms with Crippen molar-refractivity contribution in [2.75, 3.05) is 26.2 Å². The lowest BCUT2D eigenvalue weighted by Gasteiger charge is -2.65. The number of hydrogen-bond acceptors (Lipinski definition) is 10. The second kappa shape index (κ2) is 21.2. The zero-order valence-electron chi connectivity index (χ0n) is 34.6. The SMILES string of the molecule is C[C@H](CCCO)C1CC[C@H]2C3[C@H](NC(=O)[C@@H](N)CCCCN)CC4C[C@H](NC(=O)[C@@H](N)CCCCN)CC[C@]4(C)[C@H]3C[C@H](NC(=O)[C@@H](N)CCCCN)C12C. The number of unbranched alkanes of at least 4 members (excludes halogenated alkanes) is 3. The fraction of sp³-hybridized carbons (Fsp3) is 0.929. The van der Waals surface area contributed by atoms with Crippen LogP contribution >= 0.6 is 0 Å². The van der Waals surface area contributed by atoms with Crippen molar-refractivity contribution in [3.63, 3.8) is 0 Å². The van der Waals surface area contributed by atoms with Crippen LogP contribution in [0.4, 0.5) is 0 Å². The van der Waals surface area contributed by atoms with E-state index in [9.17, 15) is 19.5 Å². The Morgan fingerprint density at radius 3 is 1.76 bits per heavy atom. The molecule has 0 aromatic rings. The van der Waals surface area contributed by atoms with Crippen molar-refractivity contribution in [2.24, 2.45) is 80.7 Å². The van der Waals surface area contributed by atoms with Crippen molar-refractivity contribution < 1.29 is 19.5 Å². The highest BCUT2D eigenvalue weighted by molar-refractivity contribution is 5.82. The monoisotopic (exact) mass is 776 g/mol. The molecule has 3 amide bonds. The summed E-state index contributed by atoms with van der Waals surface area (Å²) in [5.74, 6) is 1.41. The van der Waals surface area contributed by atoms with Gasteiger partial charge in [-0.25, -0.2) is 0 Å². The van der Waals surface area contributed by atoms with E-state index < -0.39 is 18.1 Å². The summed E-state index contributed by atoms with van der Waals surface area (Å²) in [6.07, 6.45) is 14.8. The molecule has 4 aliphatic carbocycles. The van der Waals surface area contributed by atoms with Crippen LogP contribution in [0.2, 0.25) is 0 Å². The van der Waals surface area contributed by atoms with Gasteiger partial charge >= 0.3 is 0 Å². The smallest absolute Gasteiger partial charge is 0.237 e. The van der Waals surface area contributed by atoms with Crippen LogP contribution in [0.1, 0.15) is 136 Å². The normalized spacial score (nSPS) is 35.0. The standard InChI is InChI=1S/C42H81N9O4/c1-26(11-10-22-52)29-15-16-30-37-31(25-36(42(29,30)3)51-40(55)34(48)14-6-9-21-45)41(2)18-17-28(49-38(53)32(46)12-4-7-19-43)23-27(41)24-35(37)50-39(54)33(47)13-5-8-20-44/h26-37,52H,4-25,43-48H2,1-3H3,(H,49,53)(H,50,54)(H,51,55)/t26-,27?,28-,29?,30+,31+,32+,33+,34+,35-,36+,37?,41+,42?/m1/s1. The maximum atomic E-state index is 13.9. The summed E-state index contributed by atoms with van der Waals surface area (Å²) in [7, 11) is 0. The number of nitrogens with one attached hydrogen (secondary N) is 3. The first kappa shape index (κ1) is 45.8. The van der Waals surface area contributed by atoms with Crippen molar-refractivity contribution in [2.45, 2.75) is 173 Å². The minimum Gasteiger partial charge on any atom is -0.396 e. The van der Waals surface area contributed by atoms with Gasteiger partial charge in [0.2, 0.25) is 17.7 Å². The molecular formula is C42H81N9O4. The number of rotatable bonds is 22. The molecule has 4 saturated carbocycles. The van der Waals surface area contributed by atoms with E-state index >= 15 is 0 Å². The molecule has 14 atom stereocenters. The van der Waals surface area contributed by atoms with Crippen LogP contribution in [0.3, 0.4) is 0 Å². The fourth-order valence-electron chi connectivity index (χ4n) is 12.1. The van der Waals surface area contributed by atoms with Crippen LogP contribution in [0.5, 0.6) is 0 Å². The van der Waals surface area contributed by atoms with Crippen molar-refractivity contribution in [1.82, 2.24) is 16.0 Å². The topological polar surface area (TPSA) is 264 Å². The van der Waals surface area contributed by atoms with E-state index in [0.29, 0.717) is 50.7 Å². The van der Waals surface area contributed by atoms with Crippen LogP contribution in [0.15, 0.2) is 0 Å².